The molecule has 94 valence electrons. The molecule has 1 heteroatoms. The van der Waals surface area contributed by atoms with Gasteiger partial charge in [0.15, 0.2) is 0 Å². The van der Waals surface area contributed by atoms with E-state index in [9.17, 15) is 4.39 Å². The zero-order chi connectivity index (χ0) is 12.1. The number of hydrogen-bond acceptors (Lipinski definition) is 0. The Bertz CT molecular complexity index is 230. The van der Waals surface area contributed by atoms with Crippen molar-refractivity contribution in [1.82, 2.24) is 0 Å². The first kappa shape index (κ1) is 13.7. The molecule has 0 bridgehead atoms. The number of rotatable bonds is 5. The fourth-order valence-electron chi connectivity index (χ4n) is 2.65. The maximum atomic E-state index is 14.2. The summed E-state index contributed by atoms with van der Waals surface area (Å²) in [5.41, 5.74) is 1.40. The molecule has 0 fully saturated rings. The Labute approximate surface area is 100 Å². The van der Waals surface area contributed by atoms with Crippen LogP contribution in [0.15, 0.2) is 11.6 Å². The SMILES string of the molecule is CCCC(C1=CCC(C)CC1)C(F)C(C)C. The standard InChI is InChI=1S/C15H27F/c1-5-6-14(15(16)11(2)3)13-9-7-12(4)8-10-13/h9,11-12,14-15H,5-8,10H2,1-4H3. The third-order valence-electron chi connectivity index (χ3n) is 3.81. The zero-order valence-corrected chi connectivity index (χ0v) is 11.3. The molecule has 16 heavy (non-hydrogen) atoms. The molecule has 0 N–H and O–H groups in total. The van der Waals surface area contributed by atoms with Gasteiger partial charge >= 0.3 is 0 Å². The Hall–Kier alpha value is -0.330. The van der Waals surface area contributed by atoms with E-state index >= 15 is 0 Å². The molecule has 0 aliphatic heterocycles. The van der Waals surface area contributed by atoms with Crippen molar-refractivity contribution >= 4 is 0 Å². The molecular weight excluding hydrogens is 199 g/mol. The molecule has 0 aromatic carbocycles. The zero-order valence-electron chi connectivity index (χ0n) is 11.3. The highest BCUT2D eigenvalue weighted by Crippen LogP contribution is 2.35. The van der Waals surface area contributed by atoms with E-state index in [0.29, 0.717) is 0 Å². The quantitative estimate of drug-likeness (QED) is 0.569. The molecule has 0 spiro atoms. The van der Waals surface area contributed by atoms with Crippen molar-refractivity contribution in [3.8, 4) is 0 Å². The van der Waals surface area contributed by atoms with Gasteiger partial charge in [-0.3, -0.25) is 0 Å². The maximum Gasteiger partial charge on any atom is 0.109 e. The number of alkyl halides is 1. The fraction of sp³-hybridized carbons (Fsp3) is 0.867. The van der Waals surface area contributed by atoms with Crippen LogP contribution in [0.2, 0.25) is 0 Å². The minimum Gasteiger partial charge on any atom is -0.247 e. The van der Waals surface area contributed by atoms with Crippen molar-refractivity contribution in [3.05, 3.63) is 11.6 Å². The van der Waals surface area contributed by atoms with E-state index in [0.717, 1.165) is 31.6 Å². The number of hydrogen-bond donors (Lipinski definition) is 0. The van der Waals surface area contributed by atoms with Gasteiger partial charge in [0.25, 0.3) is 0 Å². The van der Waals surface area contributed by atoms with Crippen molar-refractivity contribution in [3.63, 3.8) is 0 Å². The largest absolute Gasteiger partial charge is 0.247 e. The summed E-state index contributed by atoms with van der Waals surface area (Å²) in [7, 11) is 0. The van der Waals surface area contributed by atoms with Gasteiger partial charge in [-0.05, 0) is 37.5 Å². The molecule has 1 aliphatic carbocycles. The summed E-state index contributed by atoms with van der Waals surface area (Å²) in [6, 6.07) is 0. The van der Waals surface area contributed by atoms with Crippen LogP contribution in [0, 0.1) is 17.8 Å². The Morgan fingerprint density at radius 1 is 1.44 bits per heavy atom. The van der Waals surface area contributed by atoms with E-state index in [1.807, 2.05) is 13.8 Å². The van der Waals surface area contributed by atoms with Crippen LogP contribution >= 0.6 is 0 Å². The van der Waals surface area contributed by atoms with Gasteiger partial charge in [-0.1, -0.05) is 45.8 Å². The van der Waals surface area contributed by atoms with Crippen molar-refractivity contribution in [2.24, 2.45) is 17.8 Å². The van der Waals surface area contributed by atoms with Gasteiger partial charge in [0.2, 0.25) is 0 Å². The summed E-state index contributed by atoms with van der Waals surface area (Å²) < 4.78 is 14.2. The van der Waals surface area contributed by atoms with Gasteiger partial charge in [0.05, 0.1) is 0 Å². The molecule has 0 saturated carbocycles. The average molecular weight is 226 g/mol. The van der Waals surface area contributed by atoms with E-state index in [1.165, 1.54) is 12.0 Å². The summed E-state index contributed by atoms with van der Waals surface area (Å²) in [4.78, 5) is 0. The Morgan fingerprint density at radius 3 is 2.56 bits per heavy atom. The third kappa shape index (κ3) is 3.61. The Kier molecular flexibility index (Phi) is 5.51. The maximum absolute atomic E-state index is 14.2. The lowest BCUT2D eigenvalue weighted by Crippen LogP contribution is -2.25. The van der Waals surface area contributed by atoms with Crippen molar-refractivity contribution in [1.29, 1.82) is 0 Å². The summed E-state index contributed by atoms with van der Waals surface area (Å²) in [6.45, 7) is 8.45. The summed E-state index contributed by atoms with van der Waals surface area (Å²) >= 11 is 0. The Morgan fingerprint density at radius 2 is 2.12 bits per heavy atom. The topological polar surface area (TPSA) is 0 Å². The first-order valence-corrected chi connectivity index (χ1v) is 6.89. The van der Waals surface area contributed by atoms with Crippen LogP contribution in [0.25, 0.3) is 0 Å². The highest BCUT2D eigenvalue weighted by Gasteiger charge is 2.27. The minimum atomic E-state index is -0.653. The number of allylic oxidation sites excluding steroid dienone is 2. The van der Waals surface area contributed by atoms with Crippen molar-refractivity contribution < 1.29 is 4.39 Å². The van der Waals surface area contributed by atoms with E-state index in [-0.39, 0.29) is 11.8 Å². The molecule has 1 aliphatic rings. The van der Waals surface area contributed by atoms with Crippen LogP contribution in [0.1, 0.15) is 59.8 Å². The highest BCUT2D eigenvalue weighted by molar-refractivity contribution is 5.12. The van der Waals surface area contributed by atoms with E-state index < -0.39 is 6.17 Å². The van der Waals surface area contributed by atoms with Crippen LogP contribution in [0.3, 0.4) is 0 Å². The molecule has 1 rings (SSSR count). The lowest BCUT2D eigenvalue weighted by Gasteiger charge is -2.29. The summed E-state index contributed by atoms with van der Waals surface area (Å²) in [6.07, 6.45) is 7.30. The molecule has 3 atom stereocenters. The van der Waals surface area contributed by atoms with E-state index in [1.54, 1.807) is 0 Å². The second kappa shape index (κ2) is 6.42. The van der Waals surface area contributed by atoms with Gasteiger partial charge in [-0.25, -0.2) is 4.39 Å². The third-order valence-corrected chi connectivity index (χ3v) is 3.81. The molecule has 0 saturated heterocycles. The van der Waals surface area contributed by atoms with Crippen LogP contribution in [0.5, 0.6) is 0 Å². The summed E-state index contributed by atoms with van der Waals surface area (Å²) in [5, 5.41) is 0. The van der Waals surface area contributed by atoms with Crippen molar-refractivity contribution in [2.75, 3.05) is 0 Å². The van der Waals surface area contributed by atoms with Crippen LogP contribution in [-0.2, 0) is 0 Å². The second-order valence-electron chi connectivity index (χ2n) is 5.74. The lowest BCUT2D eigenvalue weighted by atomic mass is 9.78. The second-order valence-corrected chi connectivity index (χ2v) is 5.74. The first-order chi connectivity index (χ1) is 7.56. The lowest BCUT2D eigenvalue weighted by molar-refractivity contribution is 0.177. The van der Waals surface area contributed by atoms with E-state index in [2.05, 4.69) is 19.9 Å². The van der Waals surface area contributed by atoms with Crippen molar-refractivity contribution in [2.45, 2.75) is 66.0 Å². The molecule has 0 nitrogen and oxygen atoms in total. The first-order valence-electron chi connectivity index (χ1n) is 6.89. The molecule has 0 heterocycles. The predicted molar refractivity (Wildman–Crippen MR) is 69.2 cm³/mol. The predicted octanol–water partition coefficient (Wildman–Crippen LogP) is 5.14. The van der Waals surface area contributed by atoms with Gasteiger partial charge in [-0.2, -0.15) is 0 Å². The smallest absolute Gasteiger partial charge is 0.109 e. The van der Waals surface area contributed by atoms with Gasteiger partial charge in [-0.15, -0.1) is 0 Å². The van der Waals surface area contributed by atoms with Crippen LogP contribution < -0.4 is 0 Å². The molecular formula is C15H27F. The Balaban J connectivity index is 2.69. The monoisotopic (exact) mass is 226 g/mol. The molecule has 0 amide bonds. The van der Waals surface area contributed by atoms with Crippen LogP contribution in [0.4, 0.5) is 4.39 Å². The summed E-state index contributed by atoms with van der Waals surface area (Å²) in [5.74, 6) is 1.14. The molecule has 0 aromatic heterocycles. The minimum absolute atomic E-state index is 0.150. The van der Waals surface area contributed by atoms with Gasteiger partial charge in [0.1, 0.15) is 6.17 Å². The van der Waals surface area contributed by atoms with Crippen LogP contribution in [-0.4, -0.2) is 6.17 Å². The normalized spacial score (nSPS) is 25.4. The number of halogens is 1. The molecule has 3 unspecified atom stereocenters. The average Bonchev–Trinajstić information content (AvgIpc) is 2.26. The van der Waals surface area contributed by atoms with Gasteiger partial charge in [0, 0.05) is 5.92 Å². The molecule has 0 aromatic rings. The molecule has 0 radical (unpaired) electrons. The van der Waals surface area contributed by atoms with Gasteiger partial charge < -0.3 is 0 Å². The van der Waals surface area contributed by atoms with E-state index in [4.69, 9.17) is 0 Å². The fourth-order valence-corrected chi connectivity index (χ4v) is 2.65. The highest BCUT2D eigenvalue weighted by atomic mass is 19.1.